The van der Waals surface area contributed by atoms with Crippen LogP contribution in [0.3, 0.4) is 0 Å². The van der Waals surface area contributed by atoms with E-state index < -0.39 is 35.3 Å². The summed E-state index contributed by atoms with van der Waals surface area (Å²) in [4.78, 5) is 50.6. The van der Waals surface area contributed by atoms with E-state index in [2.05, 4.69) is 15.5 Å². The van der Waals surface area contributed by atoms with Crippen molar-refractivity contribution in [1.82, 2.24) is 15.2 Å². The van der Waals surface area contributed by atoms with Gasteiger partial charge in [0, 0.05) is 16.7 Å². The summed E-state index contributed by atoms with van der Waals surface area (Å²) < 4.78 is 6.07. The number of esters is 1. The van der Waals surface area contributed by atoms with Crippen LogP contribution in [0.15, 0.2) is 94.1 Å². The molecule has 1 fully saturated rings. The minimum absolute atomic E-state index is 0.0797. The second-order valence-corrected chi connectivity index (χ2v) is 11.1. The van der Waals surface area contributed by atoms with Gasteiger partial charge < -0.3 is 20.6 Å². The van der Waals surface area contributed by atoms with E-state index in [4.69, 9.17) is 26.9 Å². The summed E-state index contributed by atoms with van der Waals surface area (Å²) in [5.74, 6) is -1.47. The SMILES string of the molecule is CON=C(C(=O)NC1C(=O)N2C(C(=O)OC(c3ccccc3)c3ccccc3)=C(/C=C/Cl)CS[C@H]12)c1csc(N)n1. The summed E-state index contributed by atoms with van der Waals surface area (Å²) in [6, 6.07) is 17.8. The van der Waals surface area contributed by atoms with Crippen LogP contribution >= 0.6 is 34.7 Å². The molecule has 2 aliphatic heterocycles. The van der Waals surface area contributed by atoms with E-state index in [1.807, 2.05) is 60.7 Å². The number of aromatic nitrogens is 1. The molecule has 0 bridgehead atoms. The fourth-order valence-electron chi connectivity index (χ4n) is 4.48. The highest BCUT2D eigenvalue weighted by atomic mass is 35.5. The van der Waals surface area contributed by atoms with E-state index in [0.29, 0.717) is 11.3 Å². The Balaban J connectivity index is 1.40. The number of nitrogens with two attached hydrogens (primary N) is 1. The molecule has 1 saturated heterocycles. The fraction of sp³-hybridized carbons (Fsp3) is 0.179. The molecule has 2 amide bonds. The van der Waals surface area contributed by atoms with Gasteiger partial charge in [0.2, 0.25) is 0 Å². The number of nitrogens with one attached hydrogen (secondary N) is 1. The Bertz CT molecular complexity index is 1500. The summed E-state index contributed by atoms with van der Waals surface area (Å²) in [6.45, 7) is 0. The normalized spacial score (nSPS) is 18.8. The maximum Gasteiger partial charge on any atom is 0.356 e. The van der Waals surface area contributed by atoms with Gasteiger partial charge in [0.15, 0.2) is 16.9 Å². The highest BCUT2D eigenvalue weighted by molar-refractivity contribution is 8.00. The number of amides is 2. The van der Waals surface area contributed by atoms with Crippen LogP contribution in [0.2, 0.25) is 0 Å². The highest BCUT2D eigenvalue weighted by Crippen LogP contribution is 2.42. The van der Waals surface area contributed by atoms with Crippen LogP contribution in [-0.4, -0.2) is 57.7 Å². The van der Waals surface area contributed by atoms with Crippen LogP contribution in [0.25, 0.3) is 0 Å². The number of hydrogen-bond donors (Lipinski definition) is 2. The number of hydrogen-bond acceptors (Lipinski definition) is 10. The zero-order chi connectivity index (χ0) is 28.9. The number of carbonyl (C=O) groups excluding carboxylic acids is 3. The number of ether oxygens (including phenoxy) is 1. The Morgan fingerprint density at radius 1 is 1.17 bits per heavy atom. The van der Waals surface area contributed by atoms with E-state index in [0.717, 1.165) is 22.5 Å². The van der Waals surface area contributed by atoms with Crippen LogP contribution in [0.4, 0.5) is 5.13 Å². The van der Waals surface area contributed by atoms with Crippen molar-refractivity contribution >= 4 is 63.3 Å². The predicted octanol–water partition coefficient (Wildman–Crippen LogP) is 3.82. The van der Waals surface area contributed by atoms with Crippen LogP contribution in [-0.2, 0) is 24.0 Å². The van der Waals surface area contributed by atoms with Crippen LogP contribution < -0.4 is 11.1 Å². The minimum Gasteiger partial charge on any atom is -0.448 e. The first-order valence-corrected chi connectivity index (χ1v) is 14.7. The maximum atomic E-state index is 13.8. The number of β-lactam (4-membered cyclic amide) rings is 1. The lowest BCUT2D eigenvalue weighted by molar-refractivity contribution is -0.154. The van der Waals surface area contributed by atoms with Crippen LogP contribution in [0, 0.1) is 0 Å². The number of rotatable bonds is 9. The first-order chi connectivity index (χ1) is 19.9. The topological polar surface area (TPSA) is 136 Å². The molecule has 3 N–H and O–H groups in total. The second-order valence-electron chi connectivity index (χ2n) is 8.83. The van der Waals surface area contributed by atoms with Crippen molar-refractivity contribution in [3.05, 3.63) is 106 Å². The molecule has 3 aromatic rings. The second kappa shape index (κ2) is 12.6. The van der Waals surface area contributed by atoms with Crippen molar-refractivity contribution in [2.45, 2.75) is 17.5 Å². The molecule has 13 heteroatoms. The quantitative estimate of drug-likeness (QED) is 0.162. The van der Waals surface area contributed by atoms with E-state index >= 15 is 0 Å². The van der Waals surface area contributed by atoms with Gasteiger partial charge in [-0.2, -0.15) is 0 Å². The van der Waals surface area contributed by atoms with Crippen molar-refractivity contribution in [3.63, 3.8) is 0 Å². The van der Waals surface area contributed by atoms with Gasteiger partial charge in [0.1, 0.15) is 29.9 Å². The number of oxime groups is 1. The van der Waals surface area contributed by atoms with Gasteiger partial charge in [0.05, 0.1) is 0 Å². The monoisotopic (exact) mass is 609 g/mol. The van der Waals surface area contributed by atoms with E-state index in [1.54, 1.807) is 11.5 Å². The maximum absolute atomic E-state index is 13.8. The van der Waals surface area contributed by atoms with Gasteiger partial charge in [-0.05, 0) is 22.8 Å². The molecule has 41 heavy (non-hydrogen) atoms. The van der Waals surface area contributed by atoms with Crippen molar-refractivity contribution in [1.29, 1.82) is 0 Å². The number of halogens is 1. The Hall–Kier alpha value is -4.13. The molecular weight excluding hydrogens is 586 g/mol. The zero-order valence-electron chi connectivity index (χ0n) is 21.6. The lowest BCUT2D eigenvalue weighted by atomic mass is 10.0. The Kier molecular flexibility index (Phi) is 8.72. The van der Waals surface area contributed by atoms with E-state index in [1.165, 1.54) is 29.3 Å². The standard InChI is InChI=1S/C28H24ClN5O5S2/c1-38-33-20(19-15-41-28(30)31-19)24(35)32-21-25(36)34-22(18(12-13-29)14-40-26(21)34)27(37)39-23(16-8-4-2-5-9-16)17-10-6-3-7-11-17/h2-13,15,21,23,26H,14H2,1H3,(H2,30,31)(H,32,35)/b13-12+,33-20?/t21?,26-/m1/s1. The van der Waals surface area contributed by atoms with Crippen molar-refractivity contribution in [3.8, 4) is 0 Å². The van der Waals surface area contributed by atoms with E-state index in [-0.39, 0.29) is 22.2 Å². The zero-order valence-corrected chi connectivity index (χ0v) is 24.0. The fourth-order valence-corrected chi connectivity index (χ4v) is 6.50. The number of allylic oxidation sites excluding steroid dienone is 1. The summed E-state index contributed by atoms with van der Waals surface area (Å²) in [7, 11) is 1.29. The lowest BCUT2D eigenvalue weighted by Crippen LogP contribution is -2.71. The summed E-state index contributed by atoms with van der Waals surface area (Å²) in [5, 5.41) is 7.73. The highest BCUT2D eigenvalue weighted by Gasteiger charge is 2.54. The lowest BCUT2D eigenvalue weighted by Gasteiger charge is -2.49. The average Bonchev–Trinajstić information content (AvgIpc) is 3.43. The molecule has 10 nitrogen and oxygen atoms in total. The Morgan fingerprint density at radius 2 is 1.83 bits per heavy atom. The van der Waals surface area contributed by atoms with Gasteiger partial charge in [-0.1, -0.05) is 77.4 Å². The van der Waals surface area contributed by atoms with Crippen molar-refractivity contribution in [2.75, 3.05) is 18.6 Å². The molecule has 1 unspecified atom stereocenters. The molecule has 2 aromatic carbocycles. The summed E-state index contributed by atoms with van der Waals surface area (Å²) in [5.41, 5.74) is 9.24. The van der Waals surface area contributed by atoms with Gasteiger partial charge in [-0.3, -0.25) is 14.5 Å². The molecule has 0 aliphatic carbocycles. The molecule has 2 atom stereocenters. The predicted molar refractivity (Wildman–Crippen MR) is 158 cm³/mol. The number of nitrogens with zero attached hydrogens (tertiary/aromatic N) is 3. The van der Waals surface area contributed by atoms with Gasteiger partial charge in [-0.25, -0.2) is 9.78 Å². The third-order valence-electron chi connectivity index (χ3n) is 6.33. The Labute approximate surface area is 248 Å². The number of thioether (sulfide) groups is 1. The van der Waals surface area contributed by atoms with Gasteiger partial charge in [0.25, 0.3) is 11.8 Å². The number of carbonyl (C=O) groups is 3. The molecule has 210 valence electrons. The third kappa shape index (κ3) is 5.85. The van der Waals surface area contributed by atoms with Crippen molar-refractivity contribution in [2.24, 2.45) is 5.16 Å². The molecular formula is C28H24ClN5O5S2. The largest absolute Gasteiger partial charge is 0.448 e. The molecule has 3 heterocycles. The minimum atomic E-state index is -0.922. The molecule has 2 aliphatic rings. The average molecular weight is 610 g/mol. The number of benzene rings is 2. The first kappa shape index (κ1) is 28.4. The van der Waals surface area contributed by atoms with Gasteiger partial charge in [-0.15, -0.1) is 23.1 Å². The molecule has 5 rings (SSSR count). The number of fused-ring (bicyclic) bond motifs is 1. The number of anilines is 1. The number of nitrogen functional groups attached to an aromatic ring is 1. The molecule has 0 radical (unpaired) electrons. The van der Waals surface area contributed by atoms with Crippen molar-refractivity contribution < 1.29 is 24.0 Å². The summed E-state index contributed by atoms with van der Waals surface area (Å²) >= 11 is 8.41. The first-order valence-electron chi connectivity index (χ1n) is 12.3. The molecule has 1 aromatic heterocycles. The van der Waals surface area contributed by atoms with E-state index in [9.17, 15) is 14.4 Å². The third-order valence-corrected chi connectivity index (χ3v) is 8.44. The molecule has 0 saturated carbocycles. The smallest absolute Gasteiger partial charge is 0.356 e. The summed E-state index contributed by atoms with van der Waals surface area (Å²) in [6.07, 6.45) is 0.855. The number of thiazole rings is 1. The van der Waals surface area contributed by atoms with Crippen LogP contribution in [0.5, 0.6) is 0 Å². The molecule has 0 spiro atoms. The van der Waals surface area contributed by atoms with Crippen LogP contribution in [0.1, 0.15) is 22.9 Å². The Morgan fingerprint density at radius 3 is 2.39 bits per heavy atom. The van der Waals surface area contributed by atoms with Gasteiger partial charge >= 0.3 is 5.97 Å².